The summed E-state index contributed by atoms with van der Waals surface area (Å²) in [5.41, 5.74) is 7.08. The molecule has 0 aliphatic heterocycles. The number of halogens is 1. The molecule has 1 aromatic heterocycles. The number of aliphatic carboxylic acids is 2. The molecule has 0 fully saturated rings. The van der Waals surface area contributed by atoms with Crippen LogP contribution in [0, 0.1) is 5.82 Å². The van der Waals surface area contributed by atoms with Crippen molar-refractivity contribution in [3.8, 4) is 0 Å². The molecule has 31 heavy (non-hydrogen) atoms. The number of nitrogens with zero attached hydrogens (tertiary/aromatic N) is 1. The van der Waals surface area contributed by atoms with E-state index in [0.29, 0.717) is 30.2 Å². The third-order valence-electron chi connectivity index (χ3n) is 3.19. The van der Waals surface area contributed by atoms with E-state index in [4.69, 9.17) is 20.7 Å². The van der Waals surface area contributed by atoms with Crippen LogP contribution < -0.4 is 16.4 Å². The Bertz CT molecular complexity index is 893. The molecule has 0 unspecified atom stereocenters. The van der Waals surface area contributed by atoms with E-state index >= 15 is 0 Å². The van der Waals surface area contributed by atoms with E-state index in [0.717, 1.165) is 5.56 Å². The molecule has 0 bridgehead atoms. The van der Waals surface area contributed by atoms with Crippen molar-refractivity contribution < 1.29 is 33.7 Å². The summed E-state index contributed by atoms with van der Waals surface area (Å²) in [5, 5.41) is 21.2. The Morgan fingerprint density at radius 1 is 1.10 bits per heavy atom. The summed E-state index contributed by atoms with van der Waals surface area (Å²) < 4.78 is 17.6. The van der Waals surface area contributed by atoms with Crippen LogP contribution in [0.4, 0.5) is 26.5 Å². The van der Waals surface area contributed by atoms with Crippen molar-refractivity contribution in [2.45, 2.75) is 13.5 Å². The maximum absolute atomic E-state index is 12.8. The van der Waals surface area contributed by atoms with Gasteiger partial charge in [-0.3, -0.25) is 5.32 Å². The fourth-order valence-electron chi connectivity index (χ4n) is 1.89. The summed E-state index contributed by atoms with van der Waals surface area (Å²) in [7, 11) is 0. The van der Waals surface area contributed by atoms with Gasteiger partial charge in [-0.2, -0.15) is 0 Å². The first-order chi connectivity index (χ1) is 14.2. The van der Waals surface area contributed by atoms with Crippen LogP contribution in [0.5, 0.6) is 0 Å². The van der Waals surface area contributed by atoms with Crippen LogP contribution >= 0.6 is 0 Å². The number of nitrogens with one attached hydrogen (secondary N) is 2. The van der Waals surface area contributed by atoms with Gasteiger partial charge in [0.05, 0.1) is 12.3 Å². The Balaban J connectivity index is 0.000000858. The van der Waals surface area contributed by atoms with E-state index in [1.54, 1.807) is 31.2 Å². The van der Waals surface area contributed by atoms with Crippen molar-refractivity contribution in [1.29, 1.82) is 0 Å². The molecule has 6 N–H and O–H groups in total. The summed E-state index contributed by atoms with van der Waals surface area (Å²) in [6.07, 6.45) is 0.535. The van der Waals surface area contributed by atoms with Gasteiger partial charge in [-0.1, -0.05) is 12.1 Å². The zero-order valence-corrected chi connectivity index (χ0v) is 22.2. The number of pyridine rings is 1. The van der Waals surface area contributed by atoms with Gasteiger partial charge in [0.2, 0.25) is 0 Å². The van der Waals surface area contributed by atoms with Crippen molar-refractivity contribution >= 4 is 62.7 Å². The molecule has 0 aliphatic rings. The topological polar surface area (TPSA) is 164 Å². The van der Waals surface area contributed by atoms with E-state index in [-0.39, 0.29) is 45.5 Å². The molecule has 2 rings (SSSR count). The monoisotopic (exact) mass is 630 g/mol. The van der Waals surface area contributed by atoms with Crippen LogP contribution in [-0.2, 0) is 20.9 Å². The van der Waals surface area contributed by atoms with E-state index < -0.39 is 18.0 Å². The first kappa shape index (κ1) is 27.8. The maximum atomic E-state index is 12.8. The van der Waals surface area contributed by atoms with Crippen LogP contribution in [0.3, 0.4) is 0 Å². The van der Waals surface area contributed by atoms with Crippen molar-refractivity contribution in [1.82, 2.24) is 4.98 Å². The number of aromatic nitrogens is 1. The second-order valence-electron chi connectivity index (χ2n) is 5.46. The molecular formula is C19H23FN4O6Pb. The van der Waals surface area contributed by atoms with Crippen LogP contribution in [0.1, 0.15) is 12.5 Å². The van der Waals surface area contributed by atoms with Crippen molar-refractivity contribution in [3.63, 3.8) is 0 Å². The number of carbonyl (C=O) groups is 3. The van der Waals surface area contributed by atoms with Gasteiger partial charge in [0.15, 0.2) is 0 Å². The van der Waals surface area contributed by atoms with Gasteiger partial charge < -0.3 is 26.0 Å². The summed E-state index contributed by atoms with van der Waals surface area (Å²) >= 11 is 0. The minimum absolute atomic E-state index is 0. The number of benzene rings is 1. The Hall–Kier alpha value is -3.23. The molecule has 0 atom stereocenters. The number of carboxylic acids is 2. The number of hydrogen-bond donors (Lipinski definition) is 5. The molecule has 0 saturated heterocycles. The van der Waals surface area contributed by atoms with Gasteiger partial charge in [-0.15, -0.1) is 0 Å². The summed E-state index contributed by atoms with van der Waals surface area (Å²) in [6, 6.07) is 9.47. The molecular weight excluding hydrogens is 606 g/mol. The number of amides is 1. The minimum atomic E-state index is -1.26. The predicted molar refractivity (Wildman–Crippen MR) is 116 cm³/mol. The Kier molecular flexibility index (Phi) is 13.2. The number of carboxylic acid groups (broad SMARTS) is 2. The number of hydrogen-bond acceptors (Lipinski definition) is 7. The first-order valence-corrected chi connectivity index (χ1v) is 8.53. The zero-order valence-electron chi connectivity index (χ0n) is 16.7. The molecule has 0 saturated carbocycles. The molecule has 0 spiro atoms. The number of rotatable bonds is 7. The molecule has 166 valence electrons. The third kappa shape index (κ3) is 12.1. The summed E-state index contributed by atoms with van der Waals surface area (Å²) in [6.45, 7) is 2.47. The number of nitrogens with two attached hydrogens (primary N) is 1. The van der Waals surface area contributed by atoms with Gasteiger partial charge in [-0.05, 0) is 36.8 Å². The second-order valence-corrected chi connectivity index (χ2v) is 5.46. The van der Waals surface area contributed by atoms with Gasteiger partial charge in [0.25, 0.3) is 0 Å². The molecule has 2 aromatic rings. The standard InChI is InChI=1S/C15H17FN4O2.C4H4O4.Pb.2H/c1-2-22-15(21)19-12-7-8-13(20-14(12)17)18-9-10-3-5-11(16)6-4-10;5-3(6)1-2-4(7)8;;;/h3-8H,2,9H2,1H3,(H,19,21)(H3,17,18,20);1-2H,(H,5,6)(H,7,8);;;/b;2-1-;;;. The number of nitrogen functional groups attached to an aromatic ring is 1. The van der Waals surface area contributed by atoms with Crippen molar-refractivity contribution in [2.24, 2.45) is 0 Å². The van der Waals surface area contributed by atoms with Gasteiger partial charge in [-0.25, -0.2) is 23.8 Å². The van der Waals surface area contributed by atoms with Crippen molar-refractivity contribution in [3.05, 3.63) is 59.9 Å². The van der Waals surface area contributed by atoms with Crippen LogP contribution in [0.15, 0.2) is 48.6 Å². The Labute approximate surface area is 197 Å². The van der Waals surface area contributed by atoms with Crippen LogP contribution in [0.25, 0.3) is 0 Å². The van der Waals surface area contributed by atoms with Crippen LogP contribution in [0.2, 0.25) is 0 Å². The Morgan fingerprint density at radius 2 is 1.68 bits per heavy atom. The first-order valence-electron chi connectivity index (χ1n) is 8.53. The van der Waals surface area contributed by atoms with E-state index in [9.17, 15) is 18.8 Å². The molecule has 1 aromatic carbocycles. The summed E-state index contributed by atoms with van der Waals surface area (Å²) in [5.74, 6) is -2.06. The second kappa shape index (κ2) is 14.7. The van der Waals surface area contributed by atoms with Crippen molar-refractivity contribution in [2.75, 3.05) is 23.0 Å². The molecule has 0 aliphatic carbocycles. The molecule has 12 heteroatoms. The molecule has 10 nitrogen and oxygen atoms in total. The van der Waals surface area contributed by atoms with E-state index in [2.05, 4.69) is 15.6 Å². The van der Waals surface area contributed by atoms with Gasteiger partial charge in [0, 0.05) is 18.7 Å². The average Bonchev–Trinajstić information content (AvgIpc) is 2.68. The Morgan fingerprint density at radius 3 is 2.16 bits per heavy atom. The fraction of sp³-hybridized carbons (Fsp3) is 0.158. The fourth-order valence-corrected chi connectivity index (χ4v) is 1.89. The van der Waals surface area contributed by atoms with Gasteiger partial charge in [0.1, 0.15) is 17.5 Å². The normalized spacial score (nSPS) is 9.61. The SMILES string of the molecule is CCOC(=O)Nc1ccc(NCc2ccc(F)cc2)nc1N.O=C(O)/C=C\C(=O)O.[PbH2]. The quantitative estimate of drug-likeness (QED) is 0.227. The molecule has 1 heterocycles. The van der Waals surface area contributed by atoms with Crippen LogP contribution in [-0.4, -0.2) is 67.1 Å². The number of anilines is 3. The summed E-state index contributed by atoms with van der Waals surface area (Å²) in [4.78, 5) is 34.6. The van der Waals surface area contributed by atoms with E-state index in [1.165, 1.54) is 12.1 Å². The van der Waals surface area contributed by atoms with E-state index in [1.807, 2.05) is 0 Å². The zero-order chi connectivity index (χ0) is 22.5. The number of carbonyl (C=O) groups excluding carboxylic acids is 1. The molecule has 1 amide bonds. The third-order valence-corrected chi connectivity index (χ3v) is 3.19. The predicted octanol–water partition coefficient (Wildman–Crippen LogP) is 1.78. The number of ether oxygens (including phenoxy) is 1. The average molecular weight is 630 g/mol. The van der Waals surface area contributed by atoms with Gasteiger partial charge >= 0.3 is 45.3 Å². The molecule has 2 radical (unpaired) electrons.